The van der Waals surface area contributed by atoms with Crippen LogP contribution in [0.4, 0.5) is 5.69 Å². The third-order valence-corrected chi connectivity index (χ3v) is 3.21. The van der Waals surface area contributed by atoms with E-state index in [2.05, 4.69) is 5.32 Å². The van der Waals surface area contributed by atoms with Gasteiger partial charge in [0.2, 0.25) is 10.0 Å². The van der Waals surface area contributed by atoms with Crippen LogP contribution in [0.5, 0.6) is 5.75 Å². The van der Waals surface area contributed by atoms with Crippen LogP contribution in [0.15, 0.2) is 47.1 Å². The maximum absolute atomic E-state index is 12.0. The van der Waals surface area contributed by atoms with Crippen molar-refractivity contribution in [2.24, 2.45) is 0 Å². The van der Waals surface area contributed by atoms with Gasteiger partial charge in [0.05, 0.1) is 11.2 Å². The molecular weight excluding hydrogens is 371 g/mol. The lowest BCUT2D eigenvalue weighted by atomic mass is 10.3. The first kappa shape index (κ1) is 17.4. The minimum absolute atomic E-state index is 0.0320. The summed E-state index contributed by atoms with van der Waals surface area (Å²) in [6.07, 6.45) is -0.187. The fourth-order valence-electron chi connectivity index (χ4n) is 1.61. The number of amides is 1. The number of carbonyl (C=O) groups excluding carboxylic acids is 1. The second-order valence-corrected chi connectivity index (χ2v) is 6.58. The normalized spacial score (nSPS) is 12.5. The van der Waals surface area contributed by atoms with Crippen LogP contribution in [0.2, 0.25) is 0 Å². The molecule has 0 spiro atoms. The van der Waals surface area contributed by atoms with Gasteiger partial charge in [-0.2, -0.15) is 0 Å². The Kier molecular flexibility index (Phi) is 5.35. The molecule has 1 N–H and O–H groups in total. The molecule has 122 valence electrons. The number of furan rings is 1. The van der Waals surface area contributed by atoms with Crippen molar-refractivity contribution in [2.75, 3.05) is 0 Å². The van der Waals surface area contributed by atoms with Crippen molar-refractivity contribution in [3.63, 3.8) is 0 Å². The maximum Gasteiger partial charge on any atom is 0.311 e. The van der Waals surface area contributed by atoms with Gasteiger partial charge in [-0.3, -0.25) is 14.9 Å². The standard InChI is InChI=1S/C13H9Cl3N2O5/c14-13(15,16)12(17-11(19)10-6-3-7-22-10)23-9-5-2-1-4-8(9)18(20)21/h1-7,12H,(H,17,19). The second kappa shape index (κ2) is 7.08. The molecule has 2 rings (SSSR count). The molecule has 0 fully saturated rings. The molecular formula is C13H9Cl3N2O5. The number of hydrogen-bond donors (Lipinski definition) is 1. The summed E-state index contributed by atoms with van der Waals surface area (Å²) >= 11 is 17.3. The van der Waals surface area contributed by atoms with Crippen LogP contribution in [0.3, 0.4) is 0 Å². The molecule has 1 aromatic heterocycles. The Morgan fingerprint density at radius 1 is 1.26 bits per heavy atom. The molecule has 1 amide bonds. The number of hydrogen-bond acceptors (Lipinski definition) is 5. The number of carbonyl (C=O) groups is 1. The number of alkyl halides is 3. The first-order valence-corrected chi connectivity index (χ1v) is 7.23. The number of ether oxygens (including phenoxy) is 1. The molecule has 1 unspecified atom stereocenters. The Bertz CT molecular complexity index is 700. The highest BCUT2D eigenvalue weighted by Gasteiger charge is 2.38. The topological polar surface area (TPSA) is 94.6 Å². The van der Waals surface area contributed by atoms with Gasteiger partial charge in [0.15, 0.2) is 11.5 Å². The van der Waals surface area contributed by atoms with Gasteiger partial charge >= 0.3 is 5.69 Å². The summed E-state index contributed by atoms with van der Waals surface area (Å²) in [6, 6.07) is 8.40. The fraction of sp³-hybridized carbons (Fsp3) is 0.154. The van der Waals surface area contributed by atoms with Crippen LogP contribution >= 0.6 is 34.8 Å². The van der Waals surface area contributed by atoms with E-state index in [0.717, 1.165) is 0 Å². The molecule has 0 bridgehead atoms. The van der Waals surface area contributed by atoms with E-state index < -0.39 is 20.9 Å². The summed E-state index contributed by atoms with van der Waals surface area (Å²) in [5.74, 6) is -0.895. The number of rotatable bonds is 5. The summed E-state index contributed by atoms with van der Waals surface area (Å²) in [7, 11) is 0. The second-order valence-electron chi connectivity index (χ2n) is 4.22. The maximum atomic E-state index is 12.0. The smallest absolute Gasteiger partial charge is 0.311 e. The molecule has 7 nitrogen and oxygen atoms in total. The van der Waals surface area contributed by atoms with Gasteiger partial charge in [-0.1, -0.05) is 46.9 Å². The minimum atomic E-state index is -2.08. The quantitative estimate of drug-likeness (QED) is 0.370. The number of nitro groups is 1. The zero-order valence-electron chi connectivity index (χ0n) is 11.2. The number of para-hydroxylation sites is 2. The minimum Gasteiger partial charge on any atom is -0.459 e. The Labute approximate surface area is 145 Å². The van der Waals surface area contributed by atoms with E-state index in [4.69, 9.17) is 44.0 Å². The summed E-state index contributed by atoms with van der Waals surface area (Å²) in [5, 5.41) is 13.3. The van der Waals surface area contributed by atoms with E-state index in [9.17, 15) is 14.9 Å². The van der Waals surface area contributed by atoms with E-state index in [1.807, 2.05) is 0 Å². The van der Waals surface area contributed by atoms with E-state index in [-0.39, 0.29) is 17.2 Å². The third-order valence-electron chi connectivity index (χ3n) is 2.61. The molecule has 10 heteroatoms. The van der Waals surface area contributed by atoms with Gasteiger partial charge in [-0.25, -0.2) is 0 Å². The Balaban J connectivity index is 2.24. The molecule has 0 saturated heterocycles. The Morgan fingerprint density at radius 3 is 2.52 bits per heavy atom. The van der Waals surface area contributed by atoms with Gasteiger partial charge < -0.3 is 14.5 Å². The molecule has 1 heterocycles. The molecule has 0 saturated carbocycles. The molecule has 2 aromatic rings. The summed E-state index contributed by atoms with van der Waals surface area (Å²) < 4.78 is 8.17. The molecule has 1 atom stereocenters. The average Bonchev–Trinajstić information content (AvgIpc) is 3.00. The van der Waals surface area contributed by atoms with Crippen molar-refractivity contribution in [1.29, 1.82) is 0 Å². The van der Waals surface area contributed by atoms with Gasteiger partial charge in [0, 0.05) is 6.07 Å². The van der Waals surface area contributed by atoms with Crippen LogP contribution < -0.4 is 10.1 Å². The zero-order valence-corrected chi connectivity index (χ0v) is 13.5. The van der Waals surface area contributed by atoms with Crippen molar-refractivity contribution < 1.29 is 18.9 Å². The van der Waals surface area contributed by atoms with Crippen molar-refractivity contribution in [2.45, 2.75) is 10.0 Å². The predicted octanol–water partition coefficient (Wildman–Crippen LogP) is 3.69. The number of nitrogens with one attached hydrogen (secondary N) is 1. The molecule has 1 aromatic carbocycles. The van der Waals surface area contributed by atoms with E-state index in [0.29, 0.717) is 0 Å². The molecule has 0 aliphatic heterocycles. The zero-order chi connectivity index (χ0) is 17.0. The highest BCUT2D eigenvalue weighted by atomic mass is 35.6. The Hall–Kier alpha value is -1.96. The van der Waals surface area contributed by atoms with Crippen LogP contribution in [0.25, 0.3) is 0 Å². The van der Waals surface area contributed by atoms with E-state index >= 15 is 0 Å². The van der Waals surface area contributed by atoms with Crippen LogP contribution in [-0.2, 0) is 0 Å². The monoisotopic (exact) mass is 378 g/mol. The molecule has 0 aliphatic carbocycles. The first-order valence-electron chi connectivity index (χ1n) is 6.10. The summed E-state index contributed by atoms with van der Waals surface area (Å²) in [6.45, 7) is 0. The van der Waals surface area contributed by atoms with Gasteiger partial charge in [-0.05, 0) is 18.2 Å². The van der Waals surface area contributed by atoms with Crippen molar-refractivity contribution in [1.82, 2.24) is 5.32 Å². The van der Waals surface area contributed by atoms with Crippen LogP contribution in [-0.4, -0.2) is 20.9 Å². The SMILES string of the molecule is O=C(NC(Oc1ccccc1[N+](=O)[O-])C(Cl)(Cl)Cl)c1ccco1. The lowest BCUT2D eigenvalue weighted by molar-refractivity contribution is -0.386. The van der Waals surface area contributed by atoms with Crippen molar-refractivity contribution >= 4 is 46.4 Å². The van der Waals surface area contributed by atoms with Crippen LogP contribution in [0, 0.1) is 10.1 Å². The van der Waals surface area contributed by atoms with Gasteiger partial charge in [0.1, 0.15) is 0 Å². The number of halogens is 3. The molecule has 0 radical (unpaired) electrons. The molecule has 0 aliphatic rings. The predicted molar refractivity (Wildman–Crippen MR) is 84.0 cm³/mol. The molecule has 23 heavy (non-hydrogen) atoms. The highest BCUT2D eigenvalue weighted by molar-refractivity contribution is 6.68. The average molecular weight is 380 g/mol. The van der Waals surface area contributed by atoms with E-state index in [1.54, 1.807) is 0 Å². The lowest BCUT2D eigenvalue weighted by Gasteiger charge is -2.25. The lowest BCUT2D eigenvalue weighted by Crippen LogP contribution is -2.47. The van der Waals surface area contributed by atoms with Crippen molar-refractivity contribution in [3.8, 4) is 5.75 Å². The van der Waals surface area contributed by atoms with Crippen LogP contribution in [0.1, 0.15) is 10.6 Å². The Morgan fingerprint density at radius 2 is 1.96 bits per heavy atom. The number of benzene rings is 1. The van der Waals surface area contributed by atoms with E-state index in [1.165, 1.54) is 42.7 Å². The highest BCUT2D eigenvalue weighted by Crippen LogP contribution is 2.35. The van der Waals surface area contributed by atoms with Gasteiger partial charge in [-0.15, -0.1) is 0 Å². The summed E-state index contributed by atoms with van der Waals surface area (Å²) in [4.78, 5) is 22.3. The summed E-state index contributed by atoms with van der Waals surface area (Å²) in [5.41, 5.74) is -0.334. The van der Waals surface area contributed by atoms with Gasteiger partial charge in [0.25, 0.3) is 5.91 Å². The first-order chi connectivity index (χ1) is 10.8. The van der Waals surface area contributed by atoms with Crippen molar-refractivity contribution in [3.05, 3.63) is 58.5 Å². The number of nitrogens with zero attached hydrogens (tertiary/aromatic N) is 1. The largest absolute Gasteiger partial charge is 0.459 e. The third kappa shape index (κ3) is 4.51. The fourth-order valence-corrected chi connectivity index (χ4v) is 1.91. The number of nitro benzene ring substituents is 1.